The first-order chi connectivity index (χ1) is 11.6. The summed E-state index contributed by atoms with van der Waals surface area (Å²) in [5.41, 5.74) is 7.58. The number of anilines is 1. The molecule has 0 spiro atoms. The summed E-state index contributed by atoms with van der Waals surface area (Å²) in [6.45, 7) is 0. The number of amides is 1. The second-order valence-electron chi connectivity index (χ2n) is 6.50. The van der Waals surface area contributed by atoms with Gasteiger partial charge in [0.05, 0.1) is 0 Å². The van der Waals surface area contributed by atoms with Crippen molar-refractivity contribution in [3.63, 3.8) is 0 Å². The van der Waals surface area contributed by atoms with Gasteiger partial charge in [0, 0.05) is 16.7 Å². The Morgan fingerprint density at radius 3 is 2.29 bits per heavy atom. The first-order valence-corrected chi connectivity index (χ1v) is 8.92. The highest BCUT2D eigenvalue weighted by atomic mass is 35.5. The third-order valence-corrected chi connectivity index (χ3v) is 5.55. The molecular formula is C20H23ClN2O. The molecule has 1 fully saturated rings. The predicted octanol–water partition coefficient (Wildman–Crippen LogP) is 4.66. The van der Waals surface area contributed by atoms with Gasteiger partial charge < -0.3 is 11.1 Å². The zero-order chi connectivity index (χ0) is 17.0. The molecule has 1 amide bonds. The quantitative estimate of drug-likeness (QED) is 0.613. The monoisotopic (exact) mass is 342 g/mol. The second kappa shape index (κ2) is 7.27. The third-order valence-electron chi connectivity index (χ3n) is 5.03. The Kier molecular flexibility index (Phi) is 5.10. The lowest BCUT2D eigenvalue weighted by Crippen LogP contribution is -2.44. The normalized spacial score (nSPS) is 17.9. The van der Waals surface area contributed by atoms with E-state index in [1.165, 1.54) is 6.42 Å². The smallest absolute Gasteiger partial charge is 0.248 e. The number of para-hydroxylation sites is 1. The number of primary amides is 1. The lowest BCUT2D eigenvalue weighted by Gasteiger charge is -2.42. The molecule has 24 heavy (non-hydrogen) atoms. The minimum Gasteiger partial charge on any atom is -0.369 e. The van der Waals surface area contributed by atoms with E-state index in [-0.39, 0.29) is 16.8 Å². The molecule has 0 unspecified atom stereocenters. The number of carbonyl (C=O) groups excluding carboxylic acids is 1. The molecule has 1 aliphatic rings. The maximum atomic E-state index is 11.9. The van der Waals surface area contributed by atoms with E-state index in [0.29, 0.717) is 5.56 Å². The lowest BCUT2D eigenvalue weighted by molar-refractivity contribution is 0.0996. The molecule has 2 aromatic rings. The van der Waals surface area contributed by atoms with E-state index in [4.69, 9.17) is 17.3 Å². The number of nitrogens with two attached hydrogens (primary N) is 1. The van der Waals surface area contributed by atoms with Crippen molar-refractivity contribution in [1.82, 2.24) is 0 Å². The van der Waals surface area contributed by atoms with Crippen LogP contribution in [0.25, 0.3) is 0 Å². The van der Waals surface area contributed by atoms with Crippen molar-refractivity contribution >= 4 is 23.2 Å². The van der Waals surface area contributed by atoms with E-state index < -0.39 is 0 Å². The topological polar surface area (TPSA) is 55.1 Å². The number of benzene rings is 2. The number of halogens is 1. The lowest BCUT2D eigenvalue weighted by atomic mass is 9.67. The summed E-state index contributed by atoms with van der Waals surface area (Å²) in [5, 5.41) is 3.43. The first kappa shape index (κ1) is 16.8. The van der Waals surface area contributed by atoms with E-state index in [0.717, 1.165) is 36.9 Å². The van der Waals surface area contributed by atoms with Gasteiger partial charge in [-0.25, -0.2) is 0 Å². The molecule has 3 nitrogen and oxygen atoms in total. The van der Waals surface area contributed by atoms with Crippen LogP contribution >= 0.6 is 11.6 Å². The van der Waals surface area contributed by atoms with Crippen LogP contribution in [-0.4, -0.2) is 11.4 Å². The molecule has 4 heteroatoms. The minimum atomic E-state index is -0.390. The highest BCUT2D eigenvalue weighted by Gasteiger charge is 2.42. The predicted molar refractivity (Wildman–Crippen MR) is 99.4 cm³/mol. The molecule has 1 saturated carbocycles. The summed E-state index contributed by atoms with van der Waals surface area (Å²) in [6, 6.07) is 17.6. The summed E-state index contributed by atoms with van der Waals surface area (Å²) in [4.78, 5) is 11.9. The van der Waals surface area contributed by atoms with E-state index in [1.54, 1.807) is 6.07 Å². The fraction of sp³-hybridized carbons (Fsp3) is 0.350. The molecule has 0 aliphatic heterocycles. The van der Waals surface area contributed by atoms with Gasteiger partial charge in [-0.3, -0.25) is 4.79 Å². The summed E-state index contributed by atoms with van der Waals surface area (Å²) in [6.07, 6.45) is 5.31. The van der Waals surface area contributed by atoms with Gasteiger partial charge >= 0.3 is 0 Å². The largest absolute Gasteiger partial charge is 0.369 e. The van der Waals surface area contributed by atoms with Crippen molar-refractivity contribution in [2.75, 3.05) is 5.32 Å². The zero-order valence-corrected chi connectivity index (χ0v) is 14.4. The van der Waals surface area contributed by atoms with Crippen molar-refractivity contribution in [2.45, 2.75) is 43.0 Å². The van der Waals surface area contributed by atoms with Crippen molar-refractivity contribution in [3.8, 4) is 0 Å². The molecule has 0 bridgehead atoms. The molecule has 3 rings (SSSR count). The number of hydrogen-bond donors (Lipinski definition) is 2. The summed E-state index contributed by atoms with van der Waals surface area (Å²) in [5.74, 6) is -0.390. The molecule has 0 radical (unpaired) electrons. The first-order valence-electron chi connectivity index (χ1n) is 8.48. The van der Waals surface area contributed by atoms with Crippen molar-refractivity contribution in [3.05, 3.63) is 65.7 Å². The van der Waals surface area contributed by atoms with Crippen LogP contribution in [0.5, 0.6) is 0 Å². The fourth-order valence-corrected chi connectivity index (χ4v) is 4.25. The zero-order valence-electron chi connectivity index (χ0n) is 13.7. The fourth-order valence-electron chi connectivity index (χ4n) is 3.79. The van der Waals surface area contributed by atoms with Gasteiger partial charge in [-0.15, -0.1) is 0 Å². The van der Waals surface area contributed by atoms with Gasteiger partial charge in [-0.1, -0.05) is 67.3 Å². The third kappa shape index (κ3) is 3.27. The highest BCUT2D eigenvalue weighted by Crippen LogP contribution is 2.45. The van der Waals surface area contributed by atoms with Crippen LogP contribution in [0.4, 0.5) is 5.69 Å². The summed E-state index contributed by atoms with van der Waals surface area (Å²) in [7, 11) is 0. The average molecular weight is 343 g/mol. The van der Waals surface area contributed by atoms with Crippen molar-refractivity contribution in [2.24, 2.45) is 5.73 Å². The Morgan fingerprint density at radius 1 is 1.00 bits per heavy atom. The summed E-state index contributed by atoms with van der Waals surface area (Å²) >= 11 is 6.90. The minimum absolute atomic E-state index is 0.290. The maximum Gasteiger partial charge on any atom is 0.248 e. The van der Waals surface area contributed by atoms with Gasteiger partial charge in [0.2, 0.25) is 5.91 Å². The van der Waals surface area contributed by atoms with Gasteiger partial charge in [-0.05, 0) is 36.6 Å². The number of nitrogens with one attached hydrogen (secondary N) is 1. The van der Waals surface area contributed by atoms with E-state index in [2.05, 4.69) is 5.32 Å². The van der Waals surface area contributed by atoms with E-state index in [9.17, 15) is 4.79 Å². The van der Waals surface area contributed by atoms with Gasteiger partial charge in [0.25, 0.3) is 0 Å². The van der Waals surface area contributed by atoms with Gasteiger partial charge in [0.15, 0.2) is 0 Å². The van der Waals surface area contributed by atoms with Crippen LogP contribution in [-0.2, 0) is 5.41 Å². The maximum absolute atomic E-state index is 11.9. The molecule has 2 aromatic carbocycles. The van der Waals surface area contributed by atoms with Crippen LogP contribution in [0.3, 0.4) is 0 Å². The van der Waals surface area contributed by atoms with Gasteiger partial charge in [-0.2, -0.15) is 0 Å². The average Bonchev–Trinajstić information content (AvgIpc) is 2.63. The molecular weight excluding hydrogens is 320 g/mol. The van der Waals surface area contributed by atoms with Crippen molar-refractivity contribution < 1.29 is 4.79 Å². The molecule has 0 saturated heterocycles. The molecule has 1 aliphatic carbocycles. The summed E-state index contributed by atoms with van der Waals surface area (Å²) < 4.78 is 0. The molecule has 1 atom stereocenters. The van der Waals surface area contributed by atoms with Crippen LogP contribution in [0.1, 0.15) is 48.0 Å². The molecule has 3 N–H and O–H groups in total. The van der Waals surface area contributed by atoms with Crippen LogP contribution < -0.4 is 11.1 Å². The molecule has 0 heterocycles. The Bertz CT molecular complexity index is 696. The van der Waals surface area contributed by atoms with Crippen molar-refractivity contribution in [1.29, 1.82) is 0 Å². The number of alkyl halides is 1. The Hall–Kier alpha value is -2.00. The number of carbonyl (C=O) groups is 1. The van der Waals surface area contributed by atoms with Crippen LogP contribution in [0, 0.1) is 0 Å². The number of rotatable bonds is 5. The van der Waals surface area contributed by atoms with Gasteiger partial charge in [0.1, 0.15) is 5.50 Å². The van der Waals surface area contributed by atoms with Crippen LogP contribution in [0.15, 0.2) is 54.6 Å². The molecule has 0 aromatic heterocycles. The van der Waals surface area contributed by atoms with Crippen LogP contribution in [0.2, 0.25) is 0 Å². The second-order valence-corrected chi connectivity index (χ2v) is 6.94. The molecule has 126 valence electrons. The Labute approximate surface area is 148 Å². The highest BCUT2D eigenvalue weighted by molar-refractivity contribution is 6.22. The Morgan fingerprint density at radius 2 is 1.62 bits per heavy atom. The van der Waals surface area contributed by atoms with E-state index >= 15 is 0 Å². The SMILES string of the molecule is NC(=O)c1ccccc1C1([C@H](Cl)Nc2ccccc2)CCCCC1. The van der Waals surface area contributed by atoms with E-state index in [1.807, 2.05) is 48.5 Å². The number of hydrogen-bond acceptors (Lipinski definition) is 2. The Balaban J connectivity index is 2.00. The standard InChI is InChI=1S/C20H23ClN2O/c21-19(23-15-9-3-1-4-10-15)20(13-7-2-8-14-20)17-12-6-5-11-16(17)18(22)24/h1,3-6,9-12,19,23H,2,7-8,13-14H2,(H2,22,24)/t19-/m1/s1.